The maximum Gasteiger partial charge on any atom is 0.356 e. The first-order valence-electron chi connectivity index (χ1n) is 5.64. The maximum absolute atomic E-state index is 11.9. The lowest BCUT2D eigenvalue weighted by Crippen LogP contribution is -2.24. The number of hydrogen-bond acceptors (Lipinski definition) is 6. The quantitative estimate of drug-likeness (QED) is 0.778. The van der Waals surface area contributed by atoms with Crippen molar-refractivity contribution in [2.24, 2.45) is 0 Å². The van der Waals surface area contributed by atoms with Crippen molar-refractivity contribution in [1.29, 1.82) is 0 Å². The highest BCUT2D eigenvalue weighted by atomic mass is 16.6. The number of hydrogen-bond donors (Lipinski definition) is 0. The number of rotatable bonds is 3. The lowest BCUT2D eigenvalue weighted by Gasteiger charge is -2.20. The van der Waals surface area contributed by atoms with Gasteiger partial charge in [-0.25, -0.2) is 14.6 Å². The summed E-state index contributed by atoms with van der Waals surface area (Å²) < 4.78 is 14.8. The minimum atomic E-state index is -0.622. The zero-order chi connectivity index (χ0) is 14.6. The predicted octanol–water partition coefficient (Wildman–Crippen LogP) is 1.83. The van der Waals surface area contributed by atoms with Crippen molar-refractivity contribution in [1.82, 2.24) is 4.98 Å². The topological polar surface area (TPSA) is 74.7 Å². The van der Waals surface area contributed by atoms with E-state index in [4.69, 9.17) is 9.47 Å². The standard InChI is InChI=1S/C13H17NO5/c1-13(2,3)19-11(15)8-7-14-9(12(16)18-5)6-10(8)17-4/h6-7H,1-5H3. The molecule has 0 aliphatic rings. The number of carbonyl (C=O) groups is 2. The summed E-state index contributed by atoms with van der Waals surface area (Å²) in [5.41, 5.74) is -0.403. The molecule has 1 rings (SSSR count). The molecule has 0 aliphatic heterocycles. The third-order valence-electron chi connectivity index (χ3n) is 2.10. The minimum absolute atomic E-state index is 0.0617. The van der Waals surface area contributed by atoms with E-state index in [9.17, 15) is 9.59 Å². The van der Waals surface area contributed by atoms with E-state index >= 15 is 0 Å². The second-order valence-corrected chi connectivity index (χ2v) is 4.76. The molecule has 19 heavy (non-hydrogen) atoms. The van der Waals surface area contributed by atoms with Crippen LogP contribution < -0.4 is 4.74 Å². The van der Waals surface area contributed by atoms with Gasteiger partial charge >= 0.3 is 11.9 Å². The fourth-order valence-electron chi connectivity index (χ4n) is 1.31. The molecule has 0 aliphatic carbocycles. The molecule has 0 N–H and O–H groups in total. The van der Waals surface area contributed by atoms with Crippen LogP contribution in [0.5, 0.6) is 5.75 Å². The van der Waals surface area contributed by atoms with Crippen LogP contribution in [0.4, 0.5) is 0 Å². The number of methoxy groups -OCH3 is 2. The third kappa shape index (κ3) is 3.94. The summed E-state index contributed by atoms with van der Waals surface area (Å²) in [6, 6.07) is 1.34. The number of carbonyl (C=O) groups excluding carboxylic acids is 2. The first kappa shape index (κ1) is 14.9. The smallest absolute Gasteiger partial charge is 0.356 e. The zero-order valence-corrected chi connectivity index (χ0v) is 11.6. The molecule has 0 fully saturated rings. The molecule has 0 saturated heterocycles. The molecule has 104 valence electrons. The molecule has 0 radical (unpaired) electrons. The molecule has 1 aromatic heterocycles. The maximum atomic E-state index is 11.9. The van der Waals surface area contributed by atoms with Gasteiger partial charge in [0.1, 0.15) is 16.9 Å². The molecular formula is C13H17NO5. The molecule has 0 atom stereocenters. The van der Waals surface area contributed by atoms with E-state index in [0.29, 0.717) is 0 Å². The lowest BCUT2D eigenvalue weighted by atomic mass is 10.1. The SMILES string of the molecule is COC(=O)c1cc(OC)c(C(=O)OC(C)(C)C)cn1. The molecule has 0 saturated carbocycles. The van der Waals surface area contributed by atoms with Gasteiger partial charge in [0.15, 0.2) is 5.69 Å². The van der Waals surface area contributed by atoms with Crippen molar-refractivity contribution in [2.45, 2.75) is 26.4 Å². The van der Waals surface area contributed by atoms with Crippen molar-refractivity contribution in [3.63, 3.8) is 0 Å². The van der Waals surface area contributed by atoms with E-state index in [-0.39, 0.29) is 17.0 Å². The Hall–Kier alpha value is -2.11. The summed E-state index contributed by atoms with van der Waals surface area (Å²) in [7, 11) is 2.64. The van der Waals surface area contributed by atoms with Crippen LogP contribution in [0, 0.1) is 0 Å². The zero-order valence-electron chi connectivity index (χ0n) is 11.6. The van der Waals surface area contributed by atoms with E-state index in [1.165, 1.54) is 26.5 Å². The van der Waals surface area contributed by atoms with Crippen LogP contribution in [0.2, 0.25) is 0 Å². The average Bonchev–Trinajstić information content (AvgIpc) is 2.34. The Kier molecular flexibility index (Phi) is 4.47. The highest BCUT2D eigenvalue weighted by Crippen LogP contribution is 2.22. The highest BCUT2D eigenvalue weighted by molar-refractivity contribution is 5.94. The molecule has 0 unspecified atom stereocenters. The Morgan fingerprint density at radius 3 is 2.26 bits per heavy atom. The van der Waals surface area contributed by atoms with Crippen LogP contribution in [-0.2, 0) is 9.47 Å². The summed E-state index contributed by atoms with van der Waals surface area (Å²) in [5, 5.41) is 0. The van der Waals surface area contributed by atoms with E-state index in [1.54, 1.807) is 20.8 Å². The van der Waals surface area contributed by atoms with Gasteiger partial charge in [-0.2, -0.15) is 0 Å². The van der Waals surface area contributed by atoms with Gasteiger partial charge in [0, 0.05) is 12.3 Å². The Balaban J connectivity index is 3.09. The summed E-state index contributed by atoms with van der Waals surface area (Å²) in [4.78, 5) is 27.1. The molecule has 6 heteroatoms. The second kappa shape index (κ2) is 5.69. The van der Waals surface area contributed by atoms with E-state index in [1.807, 2.05) is 0 Å². The fraction of sp³-hybridized carbons (Fsp3) is 0.462. The summed E-state index contributed by atoms with van der Waals surface area (Å²) >= 11 is 0. The normalized spacial score (nSPS) is 10.8. The number of esters is 2. The predicted molar refractivity (Wildman–Crippen MR) is 67.3 cm³/mol. The van der Waals surface area contributed by atoms with E-state index in [2.05, 4.69) is 9.72 Å². The van der Waals surface area contributed by atoms with Gasteiger partial charge in [0.25, 0.3) is 0 Å². The van der Waals surface area contributed by atoms with Crippen molar-refractivity contribution in [2.75, 3.05) is 14.2 Å². The summed E-state index contributed by atoms with van der Waals surface area (Å²) in [6.45, 7) is 5.27. The molecule has 1 heterocycles. The third-order valence-corrected chi connectivity index (χ3v) is 2.10. The average molecular weight is 267 g/mol. The van der Waals surface area contributed by atoms with Crippen LogP contribution in [-0.4, -0.2) is 36.7 Å². The van der Waals surface area contributed by atoms with Crippen molar-refractivity contribution >= 4 is 11.9 Å². The molecule has 6 nitrogen and oxygen atoms in total. The second-order valence-electron chi connectivity index (χ2n) is 4.76. The van der Waals surface area contributed by atoms with Gasteiger partial charge in [-0.3, -0.25) is 0 Å². The number of aromatic nitrogens is 1. The summed E-state index contributed by atoms with van der Waals surface area (Å²) in [6.07, 6.45) is 1.24. The molecule has 0 spiro atoms. The Bertz CT molecular complexity index is 490. The van der Waals surface area contributed by atoms with Gasteiger partial charge in [-0.15, -0.1) is 0 Å². The molecule has 0 aromatic carbocycles. The van der Waals surface area contributed by atoms with Crippen molar-refractivity contribution in [3.8, 4) is 5.75 Å². The van der Waals surface area contributed by atoms with Crippen molar-refractivity contribution in [3.05, 3.63) is 23.5 Å². The monoisotopic (exact) mass is 267 g/mol. The van der Waals surface area contributed by atoms with Gasteiger partial charge in [0.05, 0.1) is 14.2 Å². The van der Waals surface area contributed by atoms with Gasteiger partial charge in [0.2, 0.25) is 0 Å². The van der Waals surface area contributed by atoms with Crippen LogP contribution in [0.15, 0.2) is 12.3 Å². The van der Waals surface area contributed by atoms with E-state index in [0.717, 1.165) is 0 Å². The van der Waals surface area contributed by atoms with Crippen LogP contribution in [0.25, 0.3) is 0 Å². The molecule has 0 bridgehead atoms. The van der Waals surface area contributed by atoms with Crippen LogP contribution in [0.3, 0.4) is 0 Å². The number of pyridine rings is 1. The molecule has 1 aromatic rings. The Morgan fingerprint density at radius 2 is 1.79 bits per heavy atom. The van der Waals surface area contributed by atoms with Crippen LogP contribution in [0.1, 0.15) is 41.6 Å². The van der Waals surface area contributed by atoms with Gasteiger partial charge in [-0.05, 0) is 20.8 Å². The summed E-state index contributed by atoms with van der Waals surface area (Å²) in [5.74, 6) is -0.952. The highest BCUT2D eigenvalue weighted by Gasteiger charge is 2.22. The molecule has 0 amide bonds. The first-order valence-corrected chi connectivity index (χ1v) is 5.64. The minimum Gasteiger partial charge on any atom is -0.496 e. The Morgan fingerprint density at radius 1 is 1.16 bits per heavy atom. The first-order chi connectivity index (χ1) is 8.78. The number of ether oxygens (including phenoxy) is 3. The van der Waals surface area contributed by atoms with Crippen molar-refractivity contribution < 1.29 is 23.8 Å². The van der Waals surface area contributed by atoms with E-state index < -0.39 is 17.5 Å². The van der Waals surface area contributed by atoms with Gasteiger partial charge in [-0.1, -0.05) is 0 Å². The van der Waals surface area contributed by atoms with Crippen LogP contribution >= 0.6 is 0 Å². The fourth-order valence-corrected chi connectivity index (χ4v) is 1.31. The molecular weight excluding hydrogens is 250 g/mol. The Labute approximate surface area is 111 Å². The largest absolute Gasteiger partial charge is 0.496 e. The lowest BCUT2D eigenvalue weighted by molar-refractivity contribution is 0.00654. The van der Waals surface area contributed by atoms with Gasteiger partial charge < -0.3 is 14.2 Å². The number of nitrogens with zero attached hydrogens (tertiary/aromatic N) is 1.